The highest BCUT2D eigenvalue weighted by molar-refractivity contribution is 6.14. The van der Waals surface area contributed by atoms with Crippen LogP contribution in [0.15, 0.2) is 28.8 Å². The number of para-hydroxylation sites is 2. The zero-order chi connectivity index (χ0) is 13.8. The van der Waals surface area contributed by atoms with Crippen LogP contribution in [0.4, 0.5) is 11.5 Å². The number of halogens is 1. The van der Waals surface area contributed by atoms with Crippen molar-refractivity contribution in [3.63, 3.8) is 0 Å². The zero-order valence-electron chi connectivity index (χ0n) is 10.7. The van der Waals surface area contributed by atoms with E-state index in [0.717, 1.165) is 0 Å². The lowest BCUT2D eigenvalue weighted by atomic mass is 10.3. The van der Waals surface area contributed by atoms with Gasteiger partial charge >= 0.3 is 0 Å². The Morgan fingerprint density at radius 3 is 2.42 bits per heavy atom. The first kappa shape index (κ1) is 13.5. The molecule has 1 heterocycles. The molecule has 0 fully saturated rings. The number of hydrogen-bond acceptors (Lipinski definition) is 6. The molecule has 19 heavy (non-hydrogen) atoms. The minimum absolute atomic E-state index is 0.211. The minimum Gasteiger partial charge on any atom is -0.382 e. The van der Waals surface area contributed by atoms with Gasteiger partial charge in [-0.3, -0.25) is 0 Å². The summed E-state index contributed by atoms with van der Waals surface area (Å²) in [6, 6.07) is 7.60. The average molecular weight is 279 g/mol. The molecule has 0 atom stereocenters. The van der Waals surface area contributed by atoms with Gasteiger partial charge in [0.25, 0.3) is 0 Å². The van der Waals surface area contributed by atoms with Crippen molar-refractivity contribution in [1.82, 2.24) is 15.4 Å². The number of nitrogens with two attached hydrogens (primary N) is 1. The summed E-state index contributed by atoms with van der Waals surface area (Å²) < 4.78 is 3.64. The summed E-state index contributed by atoms with van der Waals surface area (Å²) in [6.07, 6.45) is 0. The quantitative estimate of drug-likeness (QED) is 0.742. The SMILES string of the molecule is CC(C)NNc1c(N)nc2ccccc2nc1=NCl. The van der Waals surface area contributed by atoms with Gasteiger partial charge in [-0.1, -0.05) is 12.1 Å². The molecular weight excluding hydrogens is 264 g/mol. The first-order valence-corrected chi connectivity index (χ1v) is 6.18. The van der Waals surface area contributed by atoms with Gasteiger partial charge in [0.2, 0.25) is 0 Å². The summed E-state index contributed by atoms with van der Waals surface area (Å²) in [5.41, 5.74) is 14.0. The molecular formula is C12H15ClN6. The fourth-order valence-electron chi connectivity index (χ4n) is 1.52. The number of nitrogens with zero attached hydrogens (tertiary/aromatic N) is 3. The Labute approximate surface area is 115 Å². The van der Waals surface area contributed by atoms with Crippen LogP contribution in [0.25, 0.3) is 11.0 Å². The second-order valence-corrected chi connectivity index (χ2v) is 4.47. The van der Waals surface area contributed by atoms with Crippen LogP contribution in [0.2, 0.25) is 0 Å². The van der Waals surface area contributed by atoms with Crippen molar-refractivity contribution >= 4 is 34.3 Å². The van der Waals surface area contributed by atoms with Crippen LogP contribution in [0, 0.1) is 0 Å². The lowest BCUT2D eigenvalue weighted by Crippen LogP contribution is -2.32. The van der Waals surface area contributed by atoms with Crippen molar-refractivity contribution in [2.45, 2.75) is 19.9 Å². The molecule has 7 heteroatoms. The molecule has 0 saturated heterocycles. The molecule has 4 N–H and O–H groups in total. The third-order valence-corrected chi connectivity index (χ3v) is 2.55. The van der Waals surface area contributed by atoms with Gasteiger partial charge < -0.3 is 11.2 Å². The van der Waals surface area contributed by atoms with E-state index in [1.54, 1.807) is 0 Å². The maximum Gasteiger partial charge on any atom is 0.195 e. The summed E-state index contributed by atoms with van der Waals surface area (Å²) in [6.45, 7) is 3.97. The Kier molecular flexibility index (Phi) is 4.13. The molecule has 0 aliphatic carbocycles. The van der Waals surface area contributed by atoms with Gasteiger partial charge in [0.1, 0.15) is 5.69 Å². The van der Waals surface area contributed by atoms with Crippen LogP contribution in [0.3, 0.4) is 0 Å². The summed E-state index contributed by atoms with van der Waals surface area (Å²) >= 11 is 5.59. The summed E-state index contributed by atoms with van der Waals surface area (Å²) in [7, 11) is 0. The third-order valence-electron chi connectivity index (χ3n) is 2.39. The van der Waals surface area contributed by atoms with Crippen molar-refractivity contribution < 1.29 is 0 Å². The second-order valence-electron chi connectivity index (χ2n) is 4.30. The fraction of sp³-hybridized carbons (Fsp3) is 0.250. The lowest BCUT2D eigenvalue weighted by Gasteiger charge is -2.10. The smallest absolute Gasteiger partial charge is 0.195 e. The minimum atomic E-state index is 0.211. The van der Waals surface area contributed by atoms with E-state index in [9.17, 15) is 0 Å². The van der Waals surface area contributed by atoms with E-state index in [1.807, 2.05) is 38.1 Å². The lowest BCUT2D eigenvalue weighted by molar-refractivity contribution is 0.658. The van der Waals surface area contributed by atoms with Gasteiger partial charge in [-0.15, -0.1) is 0 Å². The monoisotopic (exact) mass is 278 g/mol. The van der Waals surface area contributed by atoms with Crippen LogP contribution in [-0.4, -0.2) is 16.0 Å². The Balaban J connectivity index is 2.66. The van der Waals surface area contributed by atoms with Crippen LogP contribution in [0.1, 0.15) is 13.8 Å². The predicted molar refractivity (Wildman–Crippen MR) is 77.3 cm³/mol. The molecule has 0 amide bonds. The molecule has 100 valence electrons. The number of fused-ring (bicyclic) bond motifs is 1. The third kappa shape index (κ3) is 3.10. The number of hydrogen-bond donors (Lipinski definition) is 3. The van der Waals surface area contributed by atoms with E-state index in [1.165, 1.54) is 0 Å². The van der Waals surface area contributed by atoms with Gasteiger partial charge in [-0.2, -0.15) is 4.51 Å². The topological polar surface area (TPSA) is 88.2 Å². The second kappa shape index (κ2) is 5.81. The molecule has 0 aliphatic heterocycles. The first-order valence-electron chi connectivity index (χ1n) is 5.85. The van der Waals surface area contributed by atoms with Crippen LogP contribution < -0.4 is 22.1 Å². The van der Waals surface area contributed by atoms with Crippen molar-refractivity contribution in [3.05, 3.63) is 29.8 Å². The Morgan fingerprint density at radius 1 is 1.21 bits per heavy atom. The fourth-order valence-corrected chi connectivity index (χ4v) is 1.64. The highest BCUT2D eigenvalue weighted by Crippen LogP contribution is 2.12. The number of aromatic nitrogens is 2. The normalized spacial score (nSPS) is 12.1. The summed E-state index contributed by atoms with van der Waals surface area (Å²) in [4.78, 5) is 8.67. The van der Waals surface area contributed by atoms with Crippen molar-refractivity contribution in [2.24, 2.45) is 4.51 Å². The van der Waals surface area contributed by atoms with E-state index >= 15 is 0 Å². The van der Waals surface area contributed by atoms with Crippen LogP contribution in [0.5, 0.6) is 0 Å². The molecule has 0 unspecified atom stereocenters. The molecule has 1 aromatic carbocycles. The molecule has 0 bridgehead atoms. The van der Waals surface area contributed by atoms with Gasteiger partial charge in [0, 0.05) is 17.8 Å². The Morgan fingerprint density at radius 2 is 1.84 bits per heavy atom. The number of benzene rings is 1. The van der Waals surface area contributed by atoms with E-state index in [0.29, 0.717) is 22.2 Å². The number of anilines is 2. The number of nitrogens with one attached hydrogen (secondary N) is 2. The summed E-state index contributed by atoms with van der Waals surface area (Å²) in [5, 5.41) is 0. The first-order chi connectivity index (χ1) is 9.11. The maximum atomic E-state index is 5.96. The maximum absolute atomic E-state index is 5.96. The van der Waals surface area contributed by atoms with Gasteiger partial charge in [0.15, 0.2) is 11.3 Å². The number of hydrazine groups is 1. The van der Waals surface area contributed by atoms with E-state index in [4.69, 9.17) is 17.5 Å². The highest BCUT2D eigenvalue weighted by Gasteiger charge is 2.06. The van der Waals surface area contributed by atoms with E-state index in [-0.39, 0.29) is 11.9 Å². The highest BCUT2D eigenvalue weighted by atomic mass is 35.5. The molecule has 0 aliphatic rings. The van der Waals surface area contributed by atoms with Crippen LogP contribution in [-0.2, 0) is 0 Å². The molecule has 0 radical (unpaired) electrons. The molecule has 1 aromatic heterocycles. The van der Waals surface area contributed by atoms with Gasteiger partial charge in [0.05, 0.1) is 11.0 Å². The van der Waals surface area contributed by atoms with Crippen molar-refractivity contribution in [1.29, 1.82) is 0 Å². The average Bonchev–Trinajstić information content (AvgIpc) is 2.52. The van der Waals surface area contributed by atoms with Gasteiger partial charge in [-0.05, 0) is 26.0 Å². The summed E-state index contributed by atoms with van der Waals surface area (Å²) in [5.74, 6) is 0.279. The molecule has 2 rings (SSSR count). The standard InChI is InChI=1S/C12H15ClN6/c1-7(2)18-19-10-11(14)15-8-5-3-4-6-9(8)16-12(10)17-13/h3-7,18H,1-2H3,(H3,14,15,16,17,19). The van der Waals surface area contributed by atoms with Gasteiger partial charge in [-0.25, -0.2) is 15.4 Å². The Hall–Kier alpha value is -1.92. The predicted octanol–water partition coefficient (Wildman–Crippen LogP) is 1.59. The molecule has 0 saturated carbocycles. The van der Waals surface area contributed by atoms with Crippen LogP contribution >= 0.6 is 11.8 Å². The molecule has 6 nitrogen and oxygen atoms in total. The van der Waals surface area contributed by atoms with E-state index < -0.39 is 0 Å². The van der Waals surface area contributed by atoms with Crippen molar-refractivity contribution in [3.8, 4) is 0 Å². The number of nitrogen functional groups attached to an aromatic ring is 1. The molecule has 0 spiro atoms. The van der Waals surface area contributed by atoms with E-state index in [2.05, 4.69) is 25.3 Å². The Bertz CT molecular complexity index is 655. The molecule has 2 aromatic rings. The van der Waals surface area contributed by atoms with Crippen molar-refractivity contribution in [2.75, 3.05) is 11.2 Å². The number of rotatable bonds is 3. The largest absolute Gasteiger partial charge is 0.382 e. The zero-order valence-corrected chi connectivity index (χ0v) is 11.4.